The first-order chi connectivity index (χ1) is 14.5. The van der Waals surface area contributed by atoms with Gasteiger partial charge in [0.15, 0.2) is 5.78 Å². The van der Waals surface area contributed by atoms with E-state index >= 15 is 0 Å². The Morgan fingerprint density at radius 1 is 0.900 bits per heavy atom. The van der Waals surface area contributed by atoms with E-state index < -0.39 is 0 Å². The third kappa shape index (κ3) is 2.99. The summed E-state index contributed by atoms with van der Waals surface area (Å²) in [5, 5.41) is 2.91. The van der Waals surface area contributed by atoms with Crippen molar-refractivity contribution in [1.29, 1.82) is 0 Å². The average molecular weight is 408 g/mol. The first-order valence-corrected chi connectivity index (χ1v) is 11.2. The Labute approximate surface area is 176 Å². The lowest BCUT2D eigenvalue weighted by Crippen LogP contribution is -2.44. The largest absolute Gasteiger partial charge is 0.325 e. The van der Waals surface area contributed by atoms with Crippen LogP contribution < -0.4 is 5.32 Å². The number of anilines is 1. The van der Waals surface area contributed by atoms with Gasteiger partial charge in [-0.2, -0.15) is 0 Å². The predicted molar refractivity (Wildman–Crippen MR) is 110 cm³/mol. The summed E-state index contributed by atoms with van der Waals surface area (Å²) in [6, 6.07) is 6.97. The number of hydrogen-bond acceptors (Lipinski definition) is 4. The average Bonchev–Trinajstić information content (AvgIpc) is 3.42. The highest BCUT2D eigenvalue weighted by molar-refractivity contribution is 6.06. The number of nitrogens with one attached hydrogen (secondary N) is 1. The van der Waals surface area contributed by atoms with E-state index in [9.17, 15) is 19.2 Å². The van der Waals surface area contributed by atoms with Crippen molar-refractivity contribution >= 4 is 29.2 Å². The van der Waals surface area contributed by atoms with E-state index in [4.69, 9.17) is 0 Å². The number of para-hydroxylation sites is 1. The molecule has 1 heterocycles. The Balaban J connectivity index is 1.22. The predicted octanol–water partition coefficient (Wildman–Crippen LogP) is 3.42. The van der Waals surface area contributed by atoms with Gasteiger partial charge in [-0.15, -0.1) is 0 Å². The second-order valence-corrected chi connectivity index (χ2v) is 9.53. The number of amides is 3. The van der Waals surface area contributed by atoms with Gasteiger partial charge in [0.25, 0.3) is 0 Å². The van der Waals surface area contributed by atoms with Gasteiger partial charge in [0.1, 0.15) is 0 Å². The van der Waals surface area contributed by atoms with E-state index in [0.29, 0.717) is 48.8 Å². The van der Waals surface area contributed by atoms with Crippen LogP contribution in [0.15, 0.2) is 24.3 Å². The smallest absolute Gasteiger partial charge is 0.233 e. The van der Waals surface area contributed by atoms with Gasteiger partial charge >= 0.3 is 0 Å². The van der Waals surface area contributed by atoms with Crippen molar-refractivity contribution in [3.8, 4) is 0 Å². The molecule has 3 saturated carbocycles. The van der Waals surface area contributed by atoms with E-state index in [1.807, 2.05) is 0 Å². The maximum Gasteiger partial charge on any atom is 0.233 e. The lowest BCUT2D eigenvalue weighted by molar-refractivity contribution is -0.144. The molecule has 0 unspecified atom stereocenters. The highest BCUT2D eigenvalue weighted by Gasteiger charge is 2.61. The number of carbonyl (C=O) groups is 4. The topological polar surface area (TPSA) is 83.6 Å². The molecule has 1 aromatic rings. The minimum absolute atomic E-state index is 0.0560. The summed E-state index contributed by atoms with van der Waals surface area (Å²) in [5.41, 5.74) is 1.05. The molecular weight excluding hydrogens is 380 g/mol. The van der Waals surface area contributed by atoms with Crippen LogP contribution in [0.5, 0.6) is 0 Å². The van der Waals surface area contributed by atoms with Gasteiger partial charge in [-0.05, 0) is 75.8 Å². The molecule has 3 amide bonds. The van der Waals surface area contributed by atoms with E-state index in [2.05, 4.69) is 5.32 Å². The van der Waals surface area contributed by atoms with Gasteiger partial charge < -0.3 is 5.32 Å². The van der Waals surface area contributed by atoms with E-state index in [0.717, 1.165) is 19.3 Å². The number of carbonyl (C=O) groups excluding carboxylic acids is 4. The zero-order chi connectivity index (χ0) is 21.0. The lowest BCUT2D eigenvalue weighted by Gasteiger charge is -2.33. The van der Waals surface area contributed by atoms with Gasteiger partial charge in [0.05, 0.1) is 17.5 Å². The molecule has 158 valence electrons. The van der Waals surface area contributed by atoms with Gasteiger partial charge in [0, 0.05) is 17.5 Å². The van der Waals surface area contributed by atoms with Crippen LogP contribution in [0.3, 0.4) is 0 Å². The molecule has 30 heavy (non-hydrogen) atoms. The summed E-state index contributed by atoms with van der Waals surface area (Å²) >= 11 is 0. The van der Waals surface area contributed by atoms with Crippen molar-refractivity contribution in [3.05, 3.63) is 29.8 Å². The van der Waals surface area contributed by atoms with Crippen LogP contribution in [0, 0.1) is 29.6 Å². The molecule has 1 saturated heterocycles. The molecule has 4 fully saturated rings. The van der Waals surface area contributed by atoms with Crippen LogP contribution in [0.2, 0.25) is 0 Å². The molecule has 0 aromatic heterocycles. The SMILES string of the molecule is CC(=O)c1ccccc1NC(=O)[C@H]1CC[C@H](N2C(=O)[C@@H]3[C@@H]4CC[C@@H](C4)[C@@H]3C2=O)CC1. The highest BCUT2D eigenvalue weighted by atomic mass is 16.2. The minimum atomic E-state index is -0.162. The monoisotopic (exact) mass is 408 g/mol. The maximum atomic E-state index is 13.0. The molecule has 1 aromatic carbocycles. The molecule has 1 N–H and O–H groups in total. The fraction of sp³-hybridized carbons (Fsp3) is 0.583. The number of Topliss-reactive ketones (excluding diaryl/α,β-unsaturated/α-hetero) is 1. The summed E-state index contributed by atoms with van der Waals surface area (Å²) in [6.45, 7) is 1.49. The number of nitrogens with zero attached hydrogens (tertiary/aromatic N) is 1. The standard InChI is InChI=1S/C24H28N2O4/c1-13(27)18-4-2-3-5-19(18)25-22(28)14-8-10-17(11-9-14)26-23(29)20-15-6-7-16(12-15)21(20)24(26)30/h2-5,14-17,20-21H,6-12H2,1H3,(H,25,28)/t14-,15-,16+,17-,20-,21+. The van der Waals surface area contributed by atoms with Crippen molar-refractivity contribution in [2.24, 2.45) is 29.6 Å². The molecule has 2 bridgehead atoms. The van der Waals surface area contributed by atoms with Gasteiger partial charge in [-0.3, -0.25) is 24.1 Å². The van der Waals surface area contributed by atoms with Crippen molar-refractivity contribution in [2.45, 2.75) is 57.9 Å². The van der Waals surface area contributed by atoms with Crippen molar-refractivity contribution in [3.63, 3.8) is 0 Å². The summed E-state index contributed by atoms with van der Waals surface area (Å²) in [7, 11) is 0. The molecule has 0 radical (unpaired) electrons. The lowest BCUT2D eigenvalue weighted by atomic mass is 9.81. The zero-order valence-electron chi connectivity index (χ0n) is 17.3. The number of hydrogen-bond donors (Lipinski definition) is 1. The fourth-order valence-corrected chi connectivity index (χ4v) is 6.52. The van der Waals surface area contributed by atoms with E-state index in [1.165, 1.54) is 6.92 Å². The molecule has 3 aliphatic carbocycles. The van der Waals surface area contributed by atoms with E-state index in [-0.39, 0.29) is 47.3 Å². The number of likely N-dealkylation sites (tertiary alicyclic amines) is 1. The number of benzene rings is 1. The van der Waals surface area contributed by atoms with Crippen LogP contribution in [-0.2, 0) is 14.4 Å². The van der Waals surface area contributed by atoms with Crippen LogP contribution in [-0.4, -0.2) is 34.4 Å². The molecule has 4 aliphatic rings. The number of imide groups is 1. The molecule has 4 atom stereocenters. The van der Waals surface area contributed by atoms with Crippen LogP contribution in [0.25, 0.3) is 0 Å². The molecule has 1 aliphatic heterocycles. The molecule has 6 heteroatoms. The first kappa shape index (κ1) is 19.5. The summed E-state index contributed by atoms with van der Waals surface area (Å²) in [6.07, 6.45) is 5.89. The Morgan fingerprint density at radius 3 is 2.10 bits per heavy atom. The van der Waals surface area contributed by atoms with Crippen molar-refractivity contribution in [2.75, 3.05) is 5.32 Å². The van der Waals surface area contributed by atoms with Crippen LogP contribution >= 0.6 is 0 Å². The Morgan fingerprint density at radius 2 is 1.50 bits per heavy atom. The minimum Gasteiger partial charge on any atom is -0.325 e. The van der Waals surface area contributed by atoms with Gasteiger partial charge in [-0.1, -0.05) is 12.1 Å². The third-order valence-corrected chi connectivity index (χ3v) is 7.96. The molecular formula is C24H28N2O4. The quantitative estimate of drug-likeness (QED) is 0.611. The first-order valence-electron chi connectivity index (χ1n) is 11.2. The van der Waals surface area contributed by atoms with Crippen molar-refractivity contribution < 1.29 is 19.2 Å². The van der Waals surface area contributed by atoms with Crippen LogP contribution in [0.4, 0.5) is 5.69 Å². The molecule has 0 spiro atoms. The second kappa shape index (κ2) is 7.33. The number of rotatable bonds is 4. The summed E-state index contributed by atoms with van der Waals surface area (Å²) in [5.74, 6) is 0.456. The molecule has 6 nitrogen and oxygen atoms in total. The number of fused-ring (bicyclic) bond motifs is 5. The summed E-state index contributed by atoms with van der Waals surface area (Å²) < 4.78 is 0. The fourth-order valence-electron chi connectivity index (χ4n) is 6.52. The third-order valence-electron chi connectivity index (χ3n) is 7.96. The zero-order valence-corrected chi connectivity index (χ0v) is 17.3. The second-order valence-electron chi connectivity index (χ2n) is 9.53. The van der Waals surface area contributed by atoms with Gasteiger partial charge in [0.2, 0.25) is 17.7 Å². The Hall–Kier alpha value is -2.50. The van der Waals surface area contributed by atoms with Crippen molar-refractivity contribution in [1.82, 2.24) is 4.90 Å². The Kier molecular flexibility index (Phi) is 4.75. The number of ketones is 1. The highest BCUT2D eigenvalue weighted by Crippen LogP contribution is 2.56. The van der Waals surface area contributed by atoms with Crippen LogP contribution in [0.1, 0.15) is 62.2 Å². The summed E-state index contributed by atoms with van der Waals surface area (Å²) in [4.78, 5) is 52.2. The molecule has 5 rings (SSSR count). The van der Waals surface area contributed by atoms with E-state index in [1.54, 1.807) is 29.2 Å². The Bertz CT molecular complexity index is 890. The van der Waals surface area contributed by atoms with Gasteiger partial charge in [-0.25, -0.2) is 0 Å². The maximum absolute atomic E-state index is 13.0. The normalized spacial score (nSPS) is 34.9.